The zero-order chi connectivity index (χ0) is 9.60. The van der Waals surface area contributed by atoms with Crippen molar-refractivity contribution in [1.82, 2.24) is 5.32 Å². The number of benzene rings is 1. The summed E-state index contributed by atoms with van der Waals surface area (Å²) < 4.78 is 13.5. The van der Waals surface area contributed by atoms with E-state index < -0.39 is 0 Å². The average molecular weight is 209 g/mol. The molecule has 0 saturated carbocycles. The third kappa shape index (κ3) is 1.06. The Kier molecular flexibility index (Phi) is 1.86. The van der Waals surface area contributed by atoms with Gasteiger partial charge in [-0.15, -0.1) is 11.8 Å². The minimum Gasteiger partial charge on any atom is -0.298 e. The molecule has 1 saturated heterocycles. The Morgan fingerprint density at radius 3 is 3.14 bits per heavy atom. The van der Waals surface area contributed by atoms with Crippen molar-refractivity contribution in [3.63, 3.8) is 0 Å². The lowest BCUT2D eigenvalue weighted by molar-refractivity contribution is 0.522. The van der Waals surface area contributed by atoms with Crippen LogP contribution in [-0.2, 0) is 11.3 Å². The monoisotopic (exact) mass is 209 g/mol. The van der Waals surface area contributed by atoms with Crippen molar-refractivity contribution in [3.05, 3.63) is 35.1 Å². The maximum absolute atomic E-state index is 13.5. The maximum Gasteiger partial charge on any atom is 0.126 e. The fraction of sp³-hybridized carbons (Fsp3) is 0.455. The van der Waals surface area contributed by atoms with Crippen molar-refractivity contribution in [2.45, 2.75) is 17.7 Å². The molecule has 1 fully saturated rings. The van der Waals surface area contributed by atoms with E-state index in [9.17, 15) is 4.39 Å². The van der Waals surface area contributed by atoms with Gasteiger partial charge in [-0.1, -0.05) is 12.1 Å². The van der Waals surface area contributed by atoms with Gasteiger partial charge in [0, 0.05) is 12.3 Å². The number of thioether (sulfide) groups is 1. The highest BCUT2D eigenvalue weighted by Crippen LogP contribution is 2.47. The molecular formula is C11H12FNS. The number of halogens is 1. The minimum absolute atomic E-state index is 0.0336. The summed E-state index contributed by atoms with van der Waals surface area (Å²) in [6.07, 6.45) is 1.91. The maximum atomic E-state index is 13.5. The quantitative estimate of drug-likeness (QED) is 0.703. The Morgan fingerprint density at radius 1 is 1.43 bits per heavy atom. The van der Waals surface area contributed by atoms with Crippen LogP contribution >= 0.6 is 11.8 Å². The van der Waals surface area contributed by atoms with Gasteiger partial charge in [0.25, 0.3) is 0 Å². The first kappa shape index (κ1) is 8.74. The first-order valence-corrected chi connectivity index (χ1v) is 5.97. The minimum atomic E-state index is -0.0336. The van der Waals surface area contributed by atoms with Gasteiger partial charge in [0.2, 0.25) is 0 Å². The van der Waals surface area contributed by atoms with Crippen LogP contribution in [0.25, 0.3) is 0 Å². The molecule has 1 spiro atoms. The Morgan fingerprint density at radius 2 is 2.36 bits per heavy atom. The van der Waals surface area contributed by atoms with Gasteiger partial charge in [0.05, 0.1) is 4.87 Å². The van der Waals surface area contributed by atoms with E-state index >= 15 is 0 Å². The van der Waals surface area contributed by atoms with Crippen LogP contribution in [0, 0.1) is 5.82 Å². The zero-order valence-electron chi connectivity index (χ0n) is 7.85. The van der Waals surface area contributed by atoms with Gasteiger partial charge in [0.15, 0.2) is 0 Å². The van der Waals surface area contributed by atoms with Crippen LogP contribution in [0.15, 0.2) is 18.2 Å². The summed E-state index contributed by atoms with van der Waals surface area (Å²) in [5.74, 6) is 1.10. The second kappa shape index (κ2) is 2.97. The lowest BCUT2D eigenvalue weighted by Crippen LogP contribution is -2.31. The Labute approximate surface area is 87.1 Å². The Bertz CT molecular complexity index is 372. The first-order chi connectivity index (χ1) is 6.82. The van der Waals surface area contributed by atoms with Crippen molar-refractivity contribution >= 4 is 11.8 Å². The van der Waals surface area contributed by atoms with Gasteiger partial charge >= 0.3 is 0 Å². The van der Waals surface area contributed by atoms with Gasteiger partial charge in [0.1, 0.15) is 5.82 Å². The summed E-state index contributed by atoms with van der Waals surface area (Å²) in [5, 5.41) is 3.51. The fourth-order valence-electron chi connectivity index (χ4n) is 2.49. The molecule has 1 atom stereocenters. The summed E-state index contributed by atoms with van der Waals surface area (Å²) in [6.45, 7) is 1.04. The summed E-state index contributed by atoms with van der Waals surface area (Å²) >= 11 is 1.93. The number of nitrogens with one attached hydrogen (secondary N) is 1. The van der Waals surface area contributed by atoms with Crippen molar-refractivity contribution < 1.29 is 4.39 Å². The lowest BCUT2D eigenvalue weighted by atomic mass is 10.1. The number of fused-ring (bicyclic) bond motifs is 2. The van der Waals surface area contributed by atoms with Crippen molar-refractivity contribution in [2.24, 2.45) is 0 Å². The zero-order valence-corrected chi connectivity index (χ0v) is 8.66. The van der Waals surface area contributed by atoms with Crippen molar-refractivity contribution in [1.29, 1.82) is 0 Å². The van der Waals surface area contributed by atoms with Crippen LogP contribution < -0.4 is 5.32 Å². The summed E-state index contributed by atoms with van der Waals surface area (Å²) in [7, 11) is 0. The molecule has 1 aromatic rings. The SMILES string of the molecule is Fc1cccc2c1CCC21NCCS1. The molecule has 0 bridgehead atoms. The van der Waals surface area contributed by atoms with Crippen LogP contribution in [0.1, 0.15) is 17.5 Å². The molecule has 2 aliphatic rings. The van der Waals surface area contributed by atoms with E-state index in [1.165, 1.54) is 5.56 Å². The molecular weight excluding hydrogens is 197 g/mol. The van der Waals surface area contributed by atoms with Crippen LogP contribution in [0.3, 0.4) is 0 Å². The third-order valence-electron chi connectivity index (χ3n) is 3.14. The second-order valence-electron chi connectivity index (χ2n) is 3.87. The molecule has 0 aromatic heterocycles. The van der Waals surface area contributed by atoms with Gasteiger partial charge in [-0.25, -0.2) is 4.39 Å². The highest BCUT2D eigenvalue weighted by molar-refractivity contribution is 8.00. The molecule has 0 radical (unpaired) electrons. The molecule has 1 aliphatic carbocycles. The van der Waals surface area contributed by atoms with Crippen LogP contribution in [0.4, 0.5) is 4.39 Å². The summed E-state index contributed by atoms with van der Waals surface area (Å²) in [4.78, 5) is 0.0391. The topological polar surface area (TPSA) is 12.0 Å². The summed E-state index contributed by atoms with van der Waals surface area (Å²) in [6, 6.07) is 5.45. The molecule has 3 heteroatoms. The fourth-order valence-corrected chi connectivity index (χ4v) is 3.84. The molecule has 1 N–H and O–H groups in total. The van der Waals surface area contributed by atoms with Gasteiger partial charge in [-0.2, -0.15) is 0 Å². The molecule has 3 rings (SSSR count). The van der Waals surface area contributed by atoms with Crippen LogP contribution in [-0.4, -0.2) is 12.3 Å². The smallest absolute Gasteiger partial charge is 0.126 e. The van der Waals surface area contributed by atoms with Crippen LogP contribution in [0.2, 0.25) is 0 Å². The lowest BCUT2D eigenvalue weighted by Gasteiger charge is -2.23. The number of rotatable bonds is 0. The molecule has 1 aromatic carbocycles. The van der Waals surface area contributed by atoms with Gasteiger partial charge in [-0.3, -0.25) is 5.32 Å². The van der Waals surface area contributed by atoms with E-state index in [0.717, 1.165) is 30.7 Å². The number of hydrogen-bond donors (Lipinski definition) is 1. The van der Waals surface area contributed by atoms with E-state index in [1.807, 2.05) is 17.8 Å². The van der Waals surface area contributed by atoms with Crippen LogP contribution in [0.5, 0.6) is 0 Å². The first-order valence-electron chi connectivity index (χ1n) is 4.99. The van der Waals surface area contributed by atoms with E-state index in [-0.39, 0.29) is 10.7 Å². The van der Waals surface area contributed by atoms with Crippen molar-refractivity contribution in [2.75, 3.05) is 12.3 Å². The van der Waals surface area contributed by atoms with E-state index in [1.54, 1.807) is 6.07 Å². The standard InChI is InChI=1S/C11H12FNS/c12-10-3-1-2-9-8(10)4-5-11(9)13-6-7-14-11/h1-3,13H,4-7H2. The van der Waals surface area contributed by atoms with Gasteiger partial charge in [-0.05, 0) is 30.0 Å². The molecule has 1 unspecified atom stereocenters. The van der Waals surface area contributed by atoms with E-state index in [4.69, 9.17) is 0 Å². The predicted octanol–water partition coefficient (Wildman–Crippen LogP) is 2.26. The average Bonchev–Trinajstić information content (AvgIpc) is 2.78. The Balaban J connectivity index is 2.14. The highest BCUT2D eigenvalue weighted by Gasteiger charge is 2.42. The number of hydrogen-bond acceptors (Lipinski definition) is 2. The van der Waals surface area contributed by atoms with Gasteiger partial charge < -0.3 is 0 Å². The Hall–Kier alpha value is -0.540. The summed E-state index contributed by atoms with van der Waals surface area (Å²) in [5.41, 5.74) is 2.11. The molecule has 74 valence electrons. The largest absolute Gasteiger partial charge is 0.298 e. The van der Waals surface area contributed by atoms with E-state index in [2.05, 4.69) is 11.4 Å². The molecule has 14 heavy (non-hydrogen) atoms. The normalized spacial score (nSPS) is 29.8. The molecule has 0 amide bonds. The molecule has 1 nitrogen and oxygen atoms in total. The van der Waals surface area contributed by atoms with Crippen molar-refractivity contribution in [3.8, 4) is 0 Å². The highest BCUT2D eigenvalue weighted by atomic mass is 32.2. The third-order valence-corrected chi connectivity index (χ3v) is 4.61. The molecule has 1 aliphatic heterocycles. The second-order valence-corrected chi connectivity index (χ2v) is 5.26. The predicted molar refractivity (Wildman–Crippen MR) is 56.9 cm³/mol. The van der Waals surface area contributed by atoms with E-state index in [0.29, 0.717) is 0 Å². The molecule has 1 heterocycles.